The second kappa shape index (κ2) is 5.87. The van der Waals surface area contributed by atoms with Crippen LogP contribution in [0.3, 0.4) is 0 Å². The predicted molar refractivity (Wildman–Crippen MR) is 74.8 cm³/mol. The van der Waals surface area contributed by atoms with Gasteiger partial charge in [-0.05, 0) is 59.7 Å². The van der Waals surface area contributed by atoms with Crippen molar-refractivity contribution in [2.75, 3.05) is 13.2 Å². The summed E-state index contributed by atoms with van der Waals surface area (Å²) in [4.78, 5) is 0. The zero-order valence-corrected chi connectivity index (χ0v) is 11.7. The van der Waals surface area contributed by atoms with Crippen LogP contribution in [-0.2, 0) is 0 Å². The highest BCUT2D eigenvalue weighted by Gasteiger charge is 2.20. The number of benzene rings is 1. The Balaban J connectivity index is 1.67. The van der Waals surface area contributed by atoms with Gasteiger partial charge in [0.05, 0.1) is 6.61 Å². The maximum atomic E-state index is 5.73. The van der Waals surface area contributed by atoms with Crippen molar-refractivity contribution in [3.63, 3.8) is 0 Å². The molecule has 0 heterocycles. The molecule has 88 valence electrons. The van der Waals surface area contributed by atoms with E-state index in [0.717, 1.165) is 24.9 Å². The third kappa shape index (κ3) is 4.29. The number of hydrogen-bond donors (Lipinski definition) is 1. The third-order valence-corrected chi connectivity index (χ3v) is 3.40. The van der Waals surface area contributed by atoms with Crippen molar-refractivity contribution in [1.82, 2.24) is 5.32 Å². The maximum Gasteiger partial charge on any atom is 0.119 e. The summed E-state index contributed by atoms with van der Waals surface area (Å²) in [6.45, 7) is 4.08. The Labute approximate surface area is 111 Å². The van der Waals surface area contributed by atoms with Gasteiger partial charge in [-0.2, -0.15) is 0 Å². The SMILES string of the molecule is CC(CNC1CC1)COc1ccc(I)cc1. The number of ether oxygens (including phenoxy) is 1. The van der Waals surface area contributed by atoms with E-state index < -0.39 is 0 Å². The Bertz CT molecular complexity index is 321. The van der Waals surface area contributed by atoms with Crippen LogP contribution in [0.4, 0.5) is 0 Å². The second-order valence-corrected chi connectivity index (χ2v) is 5.80. The highest BCUT2D eigenvalue weighted by atomic mass is 127. The molecule has 1 atom stereocenters. The van der Waals surface area contributed by atoms with Gasteiger partial charge in [-0.3, -0.25) is 0 Å². The molecule has 0 spiro atoms. The number of nitrogens with one attached hydrogen (secondary N) is 1. The molecule has 1 aromatic carbocycles. The normalized spacial score (nSPS) is 17.1. The van der Waals surface area contributed by atoms with Crippen molar-refractivity contribution in [2.24, 2.45) is 5.92 Å². The van der Waals surface area contributed by atoms with Crippen LogP contribution in [-0.4, -0.2) is 19.2 Å². The largest absolute Gasteiger partial charge is 0.493 e. The number of hydrogen-bond acceptors (Lipinski definition) is 2. The lowest BCUT2D eigenvalue weighted by Crippen LogP contribution is -2.26. The van der Waals surface area contributed by atoms with Crippen LogP contribution in [0.25, 0.3) is 0 Å². The van der Waals surface area contributed by atoms with Gasteiger partial charge in [-0.25, -0.2) is 0 Å². The van der Waals surface area contributed by atoms with E-state index in [1.54, 1.807) is 0 Å². The maximum absolute atomic E-state index is 5.73. The summed E-state index contributed by atoms with van der Waals surface area (Å²) >= 11 is 2.30. The minimum atomic E-state index is 0.569. The summed E-state index contributed by atoms with van der Waals surface area (Å²) in [6, 6.07) is 9.00. The lowest BCUT2D eigenvalue weighted by molar-refractivity contribution is 0.255. The lowest BCUT2D eigenvalue weighted by Gasteiger charge is -2.13. The van der Waals surface area contributed by atoms with Crippen LogP contribution < -0.4 is 10.1 Å². The van der Waals surface area contributed by atoms with Crippen LogP contribution in [0.2, 0.25) is 0 Å². The molecule has 0 aliphatic heterocycles. The standard InChI is InChI=1S/C13H18INO/c1-10(8-15-12-4-5-12)9-16-13-6-2-11(14)3-7-13/h2-3,6-7,10,12,15H,4-5,8-9H2,1H3. The second-order valence-electron chi connectivity index (χ2n) is 4.55. The monoisotopic (exact) mass is 331 g/mol. The van der Waals surface area contributed by atoms with Gasteiger partial charge in [0.15, 0.2) is 0 Å². The van der Waals surface area contributed by atoms with Crippen LogP contribution >= 0.6 is 22.6 Å². The van der Waals surface area contributed by atoms with E-state index in [-0.39, 0.29) is 0 Å². The van der Waals surface area contributed by atoms with E-state index >= 15 is 0 Å². The van der Waals surface area contributed by atoms with Crippen molar-refractivity contribution in [3.8, 4) is 5.75 Å². The highest BCUT2D eigenvalue weighted by molar-refractivity contribution is 14.1. The molecule has 0 aromatic heterocycles. The highest BCUT2D eigenvalue weighted by Crippen LogP contribution is 2.19. The summed E-state index contributed by atoms with van der Waals surface area (Å²) < 4.78 is 6.98. The first-order valence-corrected chi connectivity index (χ1v) is 6.93. The average molecular weight is 331 g/mol. The zero-order valence-electron chi connectivity index (χ0n) is 9.58. The van der Waals surface area contributed by atoms with Crippen LogP contribution in [0.1, 0.15) is 19.8 Å². The number of rotatable bonds is 6. The molecule has 1 unspecified atom stereocenters. The summed E-state index contributed by atoms with van der Waals surface area (Å²) in [5.41, 5.74) is 0. The van der Waals surface area contributed by atoms with Crippen molar-refractivity contribution >= 4 is 22.6 Å². The summed E-state index contributed by atoms with van der Waals surface area (Å²) in [5, 5.41) is 3.52. The summed E-state index contributed by atoms with van der Waals surface area (Å²) in [7, 11) is 0. The topological polar surface area (TPSA) is 21.3 Å². The molecule has 0 radical (unpaired) electrons. The fourth-order valence-electron chi connectivity index (χ4n) is 1.48. The Morgan fingerprint density at radius 2 is 2.06 bits per heavy atom. The Kier molecular flexibility index (Phi) is 4.46. The molecule has 1 saturated carbocycles. The molecule has 16 heavy (non-hydrogen) atoms. The minimum Gasteiger partial charge on any atom is -0.493 e. The van der Waals surface area contributed by atoms with E-state index in [0.29, 0.717) is 5.92 Å². The van der Waals surface area contributed by atoms with Crippen molar-refractivity contribution in [3.05, 3.63) is 27.8 Å². The smallest absolute Gasteiger partial charge is 0.119 e. The lowest BCUT2D eigenvalue weighted by atomic mass is 10.2. The molecule has 0 saturated heterocycles. The Morgan fingerprint density at radius 1 is 1.38 bits per heavy atom. The van der Waals surface area contributed by atoms with Crippen molar-refractivity contribution in [1.29, 1.82) is 0 Å². The van der Waals surface area contributed by atoms with E-state index in [1.807, 2.05) is 12.1 Å². The van der Waals surface area contributed by atoms with Crippen LogP contribution in [0, 0.1) is 9.49 Å². The summed E-state index contributed by atoms with van der Waals surface area (Å²) in [6.07, 6.45) is 2.70. The quantitative estimate of drug-likeness (QED) is 0.809. The molecule has 1 aliphatic rings. The first-order valence-electron chi connectivity index (χ1n) is 5.86. The average Bonchev–Trinajstić information content (AvgIpc) is 3.09. The van der Waals surface area contributed by atoms with Gasteiger partial charge >= 0.3 is 0 Å². The van der Waals surface area contributed by atoms with Gasteiger partial charge in [0, 0.05) is 22.1 Å². The van der Waals surface area contributed by atoms with Gasteiger partial charge in [0.1, 0.15) is 5.75 Å². The molecule has 2 nitrogen and oxygen atoms in total. The van der Waals surface area contributed by atoms with Gasteiger partial charge in [-0.1, -0.05) is 6.92 Å². The molecule has 1 N–H and O–H groups in total. The van der Waals surface area contributed by atoms with Gasteiger partial charge in [0.25, 0.3) is 0 Å². The predicted octanol–water partition coefficient (Wildman–Crippen LogP) is 3.06. The molecular weight excluding hydrogens is 313 g/mol. The van der Waals surface area contributed by atoms with Gasteiger partial charge < -0.3 is 10.1 Å². The Morgan fingerprint density at radius 3 is 2.69 bits per heavy atom. The number of halogens is 1. The first kappa shape index (κ1) is 12.2. The van der Waals surface area contributed by atoms with Gasteiger partial charge in [-0.15, -0.1) is 0 Å². The fraction of sp³-hybridized carbons (Fsp3) is 0.538. The molecule has 1 aliphatic carbocycles. The van der Waals surface area contributed by atoms with Gasteiger partial charge in [0.2, 0.25) is 0 Å². The molecule has 3 heteroatoms. The molecule has 1 aromatic rings. The fourth-order valence-corrected chi connectivity index (χ4v) is 1.84. The van der Waals surface area contributed by atoms with E-state index in [2.05, 4.69) is 47.0 Å². The minimum absolute atomic E-state index is 0.569. The van der Waals surface area contributed by atoms with E-state index in [9.17, 15) is 0 Å². The molecule has 0 amide bonds. The van der Waals surface area contributed by atoms with Crippen LogP contribution in [0.15, 0.2) is 24.3 Å². The molecule has 2 rings (SSSR count). The molecular formula is C13H18INO. The molecule has 1 fully saturated rings. The molecule has 0 bridgehead atoms. The van der Waals surface area contributed by atoms with E-state index in [4.69, 9.17) is 4.74 Å². The first-order chi connectivity index (χ1) is 7.74. The zero-order chi connectivity index (χ0) is 11.4. The Hall–Kier alpha value is -0.290. The van der Waals surface area contributed by atoms with Crippen molar-refractivity contribution < 1.29 is 4.74 Å². The van der Waals surface area contributed by atoms with E-state index in [1.165, 1.54) is 16.4 Å². The van der Waals surface area contributed by atoms with Crippen LogP contribution in [0.5, 0.6) is 5.75 Å². The van der Waals surface area contributed by atoms with Crippen molar-refractivity contribution in [2.45, 2.75) is 25.8 Å². The third-order valence-electron chi connectivity index (χ3n) is 2.68. The summed E-state index contributed by atoms with van der Waals surface area (Å²) in [5.74, 6) is 1.54.